The minimum absolute atomic E-state index is 0.0159. The van der Waals surface area contributed by atoms with Crippen LogP contribution < -0.4 is 0 Å². The van der Waals surface area contributed by atoms with Crippen molar-refractivity contribution in [2.75, 3.05) is 13.2 Å². The highest BCUT2D eigenvalue weighted by molar-refractivity contribution is 5.89. The molecule has 0 amide bonds. The van der Waals surface area contributed by atoms with E-state index in [1.807, 2.05) is 0 Å². The molecule has 3 aliphatic rings. The van der Waals surface area contributed by atoms with Crippen LogP contribution in [-0.2, 0) is 9.53 Å². The zero-order valence-corrected chi connectivity index (χ0v) is 7.76. The number of rotatable bonds is 3. The predicted molar refractivity (Wildman–Crippen MR) is 44.0 cm³/mol. The first-order chi connectivity index (χ1) is 6.55. The standard InChI is InChI=1S/C10H12F2O2/c11-10(12)3-6(10)1-8(13)9-2-7(9)4-14-5-9/h6-7H,1-5H2. The number of carbonyl (C=O) groups excluding carboxylic acids is 1. The Bertz CT molecular complexity index is 302. The lowest BCUT2D eigenvalue weighted by Gasteiger charge is -2.08. The van der Waals surface area contributed by atoms with Crippen LogP contribution in [0.1, 0.15) is 19.3 Å². The molecule has 0 bridgehead atoms. The second kappa shape index (κ2) is 2.35. The van der Waals surface area contributed by atoms with Gasteiger partial charge in [0.1, 0.15) is 5.78 Å². The van der Waals surface area contributed by atoms with Crippen LogP contribution >= 0.6 is 0 Å². The molecule has 3 fully saturated rings. The Kier molecular flexibility index (Phi) is 1.47. The van der Waals surface area contributed by atoms with Crippen molar-refractivity contribution in [1.82, 2.24) is 0 Å². The third-order valence-corrected chi connectivity index (χ3v) is 3.85. The monoisotopic (exact) mass is 202 g/mol. The van der Waals surface area contributed by atoms with E-state index in [-0.39, 0.29) is 24.0 Å². The zero-order valence-electron chi connectivity index (χ0n) is 7.76. The van der Waals surface area contributed by atoms with E-state index in [2.05, 4.69) is 0 Å². The Balaban J connectivity index is 1.62. The van der Waals surface area contributed by atoms with Crippen molar-refractivity contribution in [2.24, 2.45) is 17.3 Å². The van der Waals surface area contributed by atoms with Gasteiger partial charge in [-0.1, -0.05) is 0 Å². The van der Waals surface area contributed by atoms with Gasteiger partial charge >= 0.3 is 0 Å². The van der Waals surface area contributed by atoms with Crippen LogP contribution in [0.15, 0.2) is 0 Å². The summed E-state index contributed by atoms with van der Waals surface area (Å²) in [6.45, 7) is 1.11. The van der Waals surface area contributed by atoms with Gasteiger partial charge in [0.25, 0.3) is 5.92 Å². The summed E-state index contributed by atoms with van der Waals surface area (Å²) >= 11 is 0. The summed E-state index contributed by atoms with van der Waals surface area (Å²) in [5, 5.41) is 0. The van der Waals surface area contributed by atoms with Gasteiger partial charge in [-0.3, -0.25) is 4.79 Å². The molecule has 2 aliphatic carbocycles. The molecule has 0 aromatic heterocycles. The highest BCUT2D eigenvalue weighted by Gasteiger charge is 2.65. The molecule has 3 atom stereocenters. The predicted octanol–water partition coefficient (Wildman–Crippen LogP) is 1.64. The van der Waals surface area contributed by atoms with Crippen LogP contribution in [-0.4, -0.2) is 24.9 Å². The molecule has 0 radical (unpaired) electrons. The lowest BCUT2D eigenvalue weighted by atomic mass is 9.96. The average Bonchev–Trinajstić information content (AvgIpc) is 2.91. The normalized spacial score (nSPS) is 47.3. The maximum Gasteiger partial charge on any atom is 0.252 e. The summed E-state index contributed by atoms with van der Waals surface area (Å²) in [6, 6.07) is 0. The molecule has 1 saturated heterocycles. The second-order valence-corrected chi connectivity index (χ2v) is 4.86. The summed E-state index contributed by atoms with van der Waals surface area (Å²) in [7, 11) is 0. The number of fused-ring (bicyclic) bond motifs is 1. The van der Waals surface area contributed by atoms with Crippen LogP contribution in [0, 0.1) is 17.3 Å². The Morgan fingerprint density at radius 1 is 1.43 bits per heavy atom. The maximum atomic E-state index is 12.6. The average molecular weight is 202 g/mol. The maximum absolute atomic E-state index is 12.6. The Morgan fingerprint density at radius 3 is 2.57 bits per heavy atom. The number of hydrogen-bond donors (Lipinski definition) is 0. The van der Waals surface area contributed by atoms with Gasteiger partial charge in [0.15, 0.2) is 0 Å². The minimum atomic E-state index is -2.56. The summed E-state index contributed by atoms with van der Waals surface area (Å²) < 4.78 is 30.4. The van der Waals surface area contributed by atoms with E-state index in [0.29, 0.717) is 19.1 Å². The molecule has 0 spiro atoms. The molecule has 0 aromatic carbocycles. The highest BCUT2D eigenvalue weighted by atomic mass is 19.3. The second-order valence-electron chi connectivity index (χ2n) is 4.86. The van der Waals surface area contributed by atoms with Crippen molar-refractivity contribution < 1.29 is 18.3 Å². The van der Waals surface area contributed by atoms with E-state index >= 15 is 0 Å². The van der Waals surface area contributed by atoms with Crippen molar-refractivity contribution in [3.05, 3.63) is 0 Å². The lowest BCUT2D eigenvalue weighted by Crippen LogP contribution is -2.20. The number of halogens is 2. The van der Waals surface area contributed by atoms with Gasteiger partial charge in [-0.25, -0.2) is 8.78 Å². The van der Waals surface area contributed by atoms with Crippen LogP contribution in [0.5, 0.6) is 0 Å². The lowest BCUT2D eigenvalue weighted by molar-refractivity contribution is -0.125. The fourth-order valence-corrected chi connectivity index (χ4v) is 2.50. The molecular weight excluding hydrogens is 190 g/mol. The van der Waals surface area contributed by atoms with Crippen LogP contribution in [0.25, 0.3) is 0 Å². The number of carbonyl (C=O) groups is 1. The van der Waals surface area contributed by atoms with Crippen LogP contribution in [0.4, 0.5) is 8.78 Å². The number of ether oxygens (including phenoxy) is 1. The summed E-state index contributed by atoms with van der Waals surface area (Å²) in [5.74, 6) is -2.88. The molecule has 1 heterocycles. The molecule has 3 unspecified atom stereocenters. The number of alkyl halides is 2. The van der Waals surface area contributed by atoms with Crippen LogP contribution in [0.2, 0.25) is 0 Å². The summed E-state index contributed by atoms with van der Waals surface area (Å²) in [5.41, 5.74) is -0.335. The van der Waals surface area contributed by atoms with Crippen molar-refractivity contribution in [2.45, 2.75) is 25.2 Å². The Labute approximate surface area is 80.6 Å². The van der Waals surface area contributed by atoms with Crippen molar-refractivity contribution in [1.29, 1.82) is 0 Å². The van der Waals surface area contributed by atoms with Crippen molar-refractivity contribution in [3.63, 3.8) is 0 Å². The molecule has 78 valence electrons. The van der Waals surface area contributed by atoms with Gasteiger partial charge in [-0.15, -0.1) is 0 Å². The quantitative estimate of drug-likeness (QED) is 0.695. The SMILES string of the molecule is O=C(CC1CC1(F)F)C12COCC1C2. The molecule has 0 N–H and O–H groups in total. The molecular formula is C10H12F2O2. The largest absolute Gasteiger partial charge is 0.380 e. The smallest absolute Gasteiger partial charge is 0.252 e. The fraction of sp³-hybridized carbons (Fsp3) is 0.900. The van der Waals surface area contributed by atoms with Crippen LogP contribution in [0.3, 0.4) is 0 Å². The molecule has 2 saturated carbocycles. The Hall–Kier alpha value is -0.510. The van der Waals surface area contributed by atoms with Gasteiger partial charge in [-0.2, -0.15) is 0 Å². The van der Waals surface area contributed by atoms with E-state index in [1.54, 1.807) is 0 Å². The first kappa shape index (κ1) is 8.77. The van der Waals surface area contributed by atoms with Gasteiger partial charge in [0.2, 0.25) is 0 Å². The molecule has 1 aliphatic heterocycles. The van der Waals surface area contributed by atoms with E-state index in [1.165, 1.54) is 0 Å². The van der Waals surface area contributed by atoms with Crippen molar-refractivity contribution >= 4 is 5.78 Å². The third kappa shape index (κ3) is 1.06. The Morgan fingerprint density at radius 2 is 2.14 bits per heavy atom. The molecule has 3 rings (SSSR count). The topological polar surface area (TPSA) is 26.3 Å². The molecule has 14 heavy (non-hydrogen) atoms. The first-order valence-electron chi connectivity index (χ1n) is 5.03. The number of ketones is 1. The first-order valence-corrected chi connectivity index (χ1v) is 5.03. The van der Waals surface area contributed by atoms with Gasteiger partial charge < -0.3 is 4.74 Å². The zero-order chi connectivity index (χ0) is 9.97. The summed E-state index contributed by atoms with van der Waals surface area (Å²) in [4.78, 5) is 11.7. The molecule has 4 heteroatoms. The summed E-state index contributed by atoms with van der Waals surface area (Å²) in [6.07, 6.45) is 0.831. The van der Waals surface area contributed by atoms with E-state index in [4.69, 9.17) is 4.74 Å². The van der Waals surface area contributed by atoms with Gasteiger partial charge in [0.05, 0.1) is 18.6 Å². The third-order valence-electron chi connectivity index (χ3n) is 3.85. The van der Waals surface area contributed by atoms with Crippen molar-refractivity contribution in [3.8, 4) is 0 Å². The molecule has 0 aromatic rings. The number of hydrogen-bond acceptors (Lipinski definition) is 2. The van der Waals surface area contributed by atoms with Gasteiger partial charge in [-0.05, 0) is 12.3 Å². The van der Waals surface area contributed by atoms with Gasteiger partial charge in [0, 0.05) is 18.8 Å². The van der Waals surface area contributed by atoms with E-state index in [0.717, 1.165) is 6.42 Å². The highest BCUT2D eigenvalue weighted by Crippen LogP contribution is 2.60. The van der Waals surface area contributed by atoms with E-state index < -0.39 is 11.8 Å². The minimum Gasteiger partial charge on any atom is -0.380 e. The number of Topliss-reactive ketones (excluding diaryl/α,β-unsaturated/α-hetero) is 1. The molecule has 2 nitrogen and oxygen atoms in total. The van der Waals surface area contributed by atoms with E-state index in [9.17, 15) is 13.6 Å². The fourth-order valence-electron chi connectivity index (χ4n) is 2.50.